The van der Waals surface area contributed by atoms with Gasteiger partial charge >= 0.3 is 0 Å². The van der Waals surface area contributed by atoms with Crippen molar-refractivity contribution in [1.82, 2.24) is 4.90 Å². The molecule has 1 heterocycles. The van der Waals surface area contributed by atoms with E-state index in [-0.39, 0.29) is 0 Å². The summed E-state index contributed by atoms with van der Waals surface area (Å²) in [5, 5.41) is 0. The lowest BCUT2D eigenvalue weighted by Crippen LogP contribution is -2.26. The number of rotatable bonds is 6. The normalized spacial score (nSPS) is 13.8. The Labute approximate surface area is 163 Å². The fourth-order valence-electron chi connectivity index (χ4n) is 2.87. The third-order valence-corrected chi connectivity index (χ3v) is 5.21. The summed E-state index contributed by atoms with van der Waals surface area (Å²) in [6, 6.07) is 14.1. The van der Waals surface area contributed by atoms with Gasteiger partial charge in [-0.1, -0.05) is 40.3 Å². The van der Waals surface area contributed by atoms with Crippen molar-refractivity contribution in [2.45, 2.75) is 26.4 Å². The van der Waals surface area contributed by atoms with E-state index >= 15 is 0 Å². The molecule has 2 aromatic rings. The number of nitrogens with zero attached hydrogens (tertiary/aromatic N) is 1. The van der Waals surface area contributed by atoms with Crippen molar-refractivity contribution in [2.75, 3.05) is 19.7 Å². The highest BCUT2D eigenvalue weighted by atomic mass is 79.9. The number of ether oxygens (including phenoxy) is 2. The number of hydrogen-bond donors (Lipinski definition) is 0. The van der Waals surface area contributed by atoms with Gasteiger partial charge in [0.15, 0.2) is 11.5 Å². The van der Waals surface area contributed by atoms with Gasteiger partial charge in [0.2, 0.25) is 0 Å². The van der Waals surface area contributed by atoms with E-state index in [0.29, 0.717) is 13.2 Å². The molecule has 5 heteroatoms. The highest BCUT2D eigenvalue weighted by molar-refractivity contribution is 9.10. The van der Waals surface area contributed by atoms with E-state index < -0.39 is 0 Å². The predicted octanol–water partition coefficient (Wildman–Crippen LogP) is 5.20. The van der Waals surface area contributed by atoms with Gasteiger partial charge in [-0.3, -0.25) is 0 Å². The monoisotopic (exact) mass is 419 g/mol. The third kappa shape index (κ3) is 4.73. The van der Waals surface area contributed by atoms with Gasteiger partial charge in [-0.15, -0.1) is 0 Å². The van der Waals surface area contributed by atoms with Gasteiger partial charge in [0.05, 0.1) is 6.61 Å². The predicted molar refractivity (Wildman–Crippen MR) is 109 cm³/mol. The number of thiocarbonyl (C=S) groups is 1. The smallest absolute Gasteiger partial charge is 0.161 e. The molecule has 3 rings (SSSR count). The Balaban J connectivity index is 1.74. The molecule has 0 bridgehead atoms. The highest BCUT2D eigenvalue weighted by Gasteiger charge is 2.18. The molecule has 25 heavy (non-hydrogen) atoms. The average molecular weight is 420 g/mol. The van der Waals surface area contributed by atoms with Crippen LogP contribution < -0.4 is 9.47 Å². The average Bonchev–Trinajstić information content (AvgIpc) is 3.16. The fourth-order valence-corrected chi connectivity index (χ4v) is 3.45. The number of likely N-dealkylation sites (tertiary alicyclic amines) is 1. The molecule has 1 saturated heterocycles. The summed E-state index contributed by atoms with van der Waals surface area (Å²) in [6.07, 6.45) is 2.43. The summed E-state index contributed by atoms with van der Waals surface area (Å²) in [6.45, 7) is 5.16. The minimum absolute atomic E-state index is 0.503. The molecule has 132 valence electrons. The SMILES string of the molecule is CCOc1cc(C(=S)N2CCCC2)ccc1OCc1ccc(Br)cc1. The van der Waals surface area contributed by atoms with Crippen LogP contribution in [-0.4, -0.2) is 29.6 Å². The fraction of sp³-hybridized carbons (Fsp3) is 0.350. The zero-order valence-corrected chi connectivity index (χ0v) is 16.7. The maximum absolute atomic E-state index is 5.98. The van der Waals surface area contributed by atoms with E-state index in [2.05, 4.69) is 20.8 Å². The minimum atomic E-state index is 0.503. The zero-order valence-electron chi connectivity index (χ0n) is 14.3. The highest BCUT2D eigenvalue weighted by Crippen LogP contribution is 2.30. The second kappa shape index (κ2) is 8.68. The molecule has 0 spiro atoms. The lowest BCUT2D eigenvalue weighted by molar-refractivity contribution is 0.269. The van der Waals surface area contributed by atoms with Gasteiger partial charge in [0.1, 0.15) is 11.6 Å². The minimum Gasteiger partial charge on any atom is -0.490 e. The van der Waals surface area contributed by atoms with Gasteiger partial charge < -0.3 is 14.4 Å². The van der Waals surface area contributed by atoms with Crippen LogP contribution in [0.25, 0.3) is 0 Å². The second-order valence-corrected chi connectivity index (χ2v) is 7.31. The molecular weight excluding hydrogens is 398 g/mol. The summed E-state index contributed by atoms with van der Waals surface area (Å²) in [5.74, 6) is 1.50. The summed E-state index contributed by atoms with van der Waals surface area (Å²) in [4.78, 5) is 3.17. The number of benzene rings is 2. The summed E-state index contributed by atoms with van der Waals surface area (Å²) >= 11 is 9.09. The lowest BCUT2D eigenvalue weighted by Gasteiger charge is -2.20. The standard InChI is InChI=1S/C20H22BrNO2S/c1-2-23-19-13-16(20(25)22-11-3-4-12-22)7-10-18(19)24-14-15-5-8-17(21)9-6-15/h5-10,13H,2-4,11-12,14H2,1H3. The first-order chi connectivity index (χ1) is 12.2. The molecule has 3 nitrogen and oxygen atoms in total. The first kappa shape index (κ1) is 18.2. The maximum atomic E-state index is 5.98. The quantitative estimate of drug-likeness (QED) is 0.599. The van der Waals surface area contributed by atoms with Crippen molar-refractivity contribution in [3.63, 3.8) is 0 Å². The molecule has 0 aliphatic carbocycles. The molecule has 0 radical (unpaired) electrons. The van der Waals surface area contributed by atoms with Gasteiger partial charge in [0, 0.05) is 23.1 Å². The van der Waals surface area contributed by atoms with Crippen LogP contribution >= 0.6 is 28.1 Å². The molecular formula is C20H22BrNO2S. The summed E-state index contributed by atoms with van der Waals surface area (Å²) < 4.78 is 12.8. The maximum Gasteiger partial charge on any atom is 0.161 e. The van der Waals surface area contributed by atoms with Crippen LogP contribution in [0.2, 0.25) is 0 Å². The van der Waals surface area contributed by atoms with Crippen molar-refractivity contribution in [3.8, 4) is 11.5 Å². The van der Waals surface area contributed by atoms with Crippen LogP contribution in [0, 0.1) is 0 Å². The van der Waals surface area contributed by atoms with Crippen LogP contribution in [0.4, 0.5) is 0 Å². The second-order valence-electron chi connectivity index (χ2n) is 6.01. The Morgan fingerprint density at radius 3 is 2.44 bits per heavy atom. The summed E-state index contributed by atoms with van der Waals surface area (Å²) in [7, 11) is 0. The molecule has 1 aliphatic rings. The third-order valence-electron chi connectivity index (χ3n) is 4.19. The molecule has 2 aromatic carbocycles. The topological polar surface area (TPSA) is 21.7 Å². The van der Waals surface area contributed by atoms with E-state index in [9.17, 15) is 0 Å². The van der Waals surface area contributed by atoms with Crippen LogP contribution in [0.15, 0.2) is 46.9 Å². The van der Waals surface area contributed by atoms with E-state index in [4.69, 9.17) is 21.7 Å². The van der Waals surface area contributed by atoms with Gasteiger partial charge in [0.25, 0.3) is 0 Å². The van der Waals surface area contributed by atoms with Gasteiger partial charge in [-0.05, 0) is 55.7 Å². The van der Waals surface area contributed by atoms with Crippen LogP contribution in [0.5, 0.6) is 11.5 Å². The Morgan fingerprint density at radius 2 is 1.76 bits per heavy atom. The van der Waals surface area contributed by atoms with Crippen LogP contribution in [-0.2, 0) is 6.61 Å². The van der Waals surface area contributed by atoms with Crippen molar-refractivity contribution in [2.24, 2.45) is 0 Å². The first-order valence-corrected chi connectivity index (χ1v) is 9.81. The Bertz CT molecular complexity index is 727. The molecule has 0 atom stereocenters. The van der Waals surface area contributed by atoms with E-state index in [1.807, 2.05) is 49.4 Å². The van der Waals surface area contributed by atoms with E-state index in [0.717, 1.165) is 45.2 Å². The van der Waals surface area contributed by atoms with Crippen LogP contribution in [0.3, 0.4) is 0 Å². The van der Waals surface area contributed by atoms with Gasteiger partial charge in [-0.2, -0.15) is 0 Å². The molecule has 1 aliphatic heterocycles. The lowest BCUT2D eigenvalue weighted by atomic mass is 10.2. The first-order valence-electron chi connectivity index (χ1n) is 8.60. The molecule has 0 amide bonds. The van der Waals surface area contributed by atoms with Crippen molar-refractivity contribution >= 4 is 33.1 Å². The molecule has 0 aromatic heterocycles. The molecule has 0 N–H and O–H groups in total. The largest absolute Gasteiger partial charge is 0.490 e. The van der Waals surface area contributed by atoms with Gasteiger partial charge in [-0.25, -0.2) is 0 Å². The van der Waals surface area contributed by atoms with Crippen molar-refractivity contribution in [1.29, 1.82) is 0 Å². The zero-order chi connectivity index (χ0) is 17.6. The van der Waals surface area contributed by atoms with E-state index in [1.165, 1.54) is 12.8 Å². The molecule has 0 saturated carbocycles. The molecule has 0 unspecified atom stereocenters. The summed E-state index contributed by atoms with van der Waals surface area (Å²) in [5.41, 5.74) is 2.14. The van der Waals surface area contributed by atoms with Crippen molar-refractivity contribution in [3.05, 3.63) is 58.1 Å². The molecule has 1 fully saturated rings. The van der Waals surface area contributed by atoms with Crippen molar-refractivity contribution < 1.29 is 9.47 Å². The Hall–Kier alpha value is -1.59. The number of hydrogen-bond acceptors (Lipinski definition) is 3. The number of halogens is 1. The van der Waals surface area contributed by atoms with E-state index in [1.54, 1.807) is 0 Å². The Morgan fingerprint density at radius 1 is 1.04 bits per heavy atom. The Kier molecular flexibility index (Phi) is 6.32. The van der Waals surface area contributed by atoms with Crippen LogP contribution in [0.1, 0.15) is 30.9 Å².